The first-order chi connectivity index (χ1) is 16.0. The molecule has 7 heteroatoms. The smallest absolute Gasteiger partial charge is 0.225 e. The van der Waals surface area contributed by atoms with Crippen molar-refractivity contribution < 1.29 is 9.53 Å². The second kappa shape index (κ2) is 10.1. The lowest BCUT2D eigenvalue weighted by atomic mass is 9.98. The second-order valence-electron chi connectivity index (χ2n) is 8.82. The van der Waals surface area contributed by atoms with Crippen LogP contribution >= 0.6 is 0 Å². The number of fused-ring (bicyclic) bond motifs is 1. The van der Waals surface area contributed by atoms with Crippen LogP contribution in [-0.2, 0) is 30.7 Å². The molecule has 2 heterocycles. The number of ether oxygens (including phenoxy) is 1. The zero-order valence-electron chi connectivity index (χ0n) is 20.0. The van der Waals surface area contributed by atoms with Gasteiger partial charge in [0.15, 0.2) is 5.82 Å². The van der Waals surface area contributed by atoms with Crippen LogP contribution in [0.25, 0.3) is 11.4 Å². The topological polar surface area (TPSA) is 73.1 Å². The predicted octanol–water partition coefficient (Wildman–Crippen LogP) is 4.22. The second-order valence-corrected chi connectivity index (χ2v) is 8.82. The van der Waals surface area contributed by atoms with E-state index in [0.29, 0.717) is 18.2 Å². The van der Waals surface area contributed by atoms with Crippen LogP contribution in [-0.4, -0.2) is 44.7 Å². The number of aromatic nitrogens is 4. The molecule has 0 saturated carbocycles. The maximum Gasteiger partial charge on any atom is 0.225 e. The number of hydrogen-bond acceptors (Lipinski definition) is 5. The third kappa shape index (κ3) is 5.07. The SMILES string of the molecule is CCCn1nc(C)cc1CN(C)C(=O)C1CCc2nc(-c3ccccc3)nc(OC)c2CC1. The van der Waals surface area contributed by atoms with E-state index in [0.717, 1.165) is 66.9 Å². The van der Waals surface area contributed by atoms with Crippen molar-refractivity contribution in [2.45, 2.75) is 59.0 Å². The summed E-state index contributed by atoms with van der Waals surface area (Å²) in [6.45, 7) is 5.58. The number of carbonyl (C=O) groups excluding carboxylic acids is 1. The Hall–Kier alpha value is -3.22. The molecule has 4 rings (SSSR count). The van der Waals surface area contributed by atoms with Crippen molar-refractivity contribution in [1.29, 1.82) is 0 Å². The molecule has 0 bridgehead atoms. The Bertz CT molecular complexity index is 1110. The fourth-order valence-electron chi connectivity index (χ4n) is 4.64. The van der Waals surface area contributed by atoms with Gasteiger partial charge in [-0.1, -0.05) is 37.3 Å². The molecular weight excluding hydrogens is 414 g/mol. The van der Waals surface area contributed by atoms with Crippen molar-refractivity contribution in [2.24, 2.45) is 5.92 Å². The van der Waals surface area contributed by atoms with E-state index in [-0.39, 0.29) is 11.8 Å². The van der Waals surface area contributed by atoms with Crippen LogP contribution in [0, 0.1) is 12.8 Å². The number of methoxy groups -OCH3 is 1. The van der Waals surface area contributed by atoms with E-state index in [1.807, 2.05) is 53.9 Å². The van der Waals surface area contributed by atoms with Crippen molar-refractivity contribution in [3.63, 3.8) is 0 Å². The Labute approximate surface area is 195 Å². The molecule has 0 saturated heterocycles. The minimum Gasteiger partial charge on any atom is -0.481 e. The van der Waals surface area contributed by atoms with Crippen LogP contribution in [0.2, 0.25) is 0 Å². The largest absolute Gasteiger partial charge is 0.481 e. The Morgan fingerprint density at radius 1 is 1.18 bits per heavy atom. The molecule has 0 radical (unpaired) electrons. The predicted molar refractivity (Wildman–Crippen MR) is 128 cm³/mol. The number of benzene rings is 1. The molecule has 0 spiro atoms. The van der Waals surface area contributed by atoms with Gasteiger partial charge in [-0.2, -0.15) is 10.1 Å². The highest BCUT2D eigenvalue weighted by Crippen LogP contribution is 2.32. The summed E-state index contributed by atoms with van der Waals surface area (Å²) in [5.41, 5.74) is 5.07. The van der Waals surface area contributed by atoms with Gasteiger partial charge in [-0.3, -0.25) is 9.48 Å². The average Bonchev–Trinajstić information content (AvgIpc) is 3.03. The third-order valence-electron chi connectivity index (χ3n) is 6.30. The van der Waals surface area contributed by atoms with Crippen molar-refractivity contribution in [1.82, 2.24) is 24.6 Å². The van der Waals surface area contributed by atoms with Gasteiger partial charge in [0.25, 0.3) is 0 Å². The van der Waals surface area contributed by atoms with Gasteiger partial charge in [-0.05, 0) is 45.1 Å². The molecule has 1 aliphatic carbocycles. The van der Waals surface area contributed by atoms with E-state index < -0.39 is 0 Å². The molecule has 2 aromatic heterocycles. The summed E-state index contributed by atoms with van der Waals surface area (Å²) in [6.07, 6.45) is 4.04. The third-order valence-corrected chi connectivity index (χ3v) is 6.30. The van der Waals surface area contributed by atoms with Gasteiger partial charge in [-0.25, -0.2) is 4.98 Å². The molecule has 1 aromatic carbocycles. The van der Waals surface area contributed by atoms with Gasteiger partial charge < -0.3 is 9.64 Å². The molecule has 1 atom stereocenters. The highest BCUT2D eigenvalue weighted by atomic mass is 16.5. The molecule has 0 N–H and O–H groups in total. The Morgan fingerprint density at radius 3 is 2.67 bits per heavy atom. The highest BCUT2D eigenvalue weighted by Gasteiger charge is 2.28. The first-order valence-corrected chi connectivity index (χ1v) is 11.8. The quantitative estimate of drug-likeness (QED) is 0.507. The van der Waals surface area contributed by atoms with E-state index in [1.165, 1.54) is 0 Å². The van der Waals surface area contributed by atoms with Crippen LogP contribution in [0.5, 0.6) is 5.88 Å². The van der Waals surface area contributed by atoms with Gasteiger partial charge in [-0.15, -0.1) is 0 Å². The lowest BCUT2D eigenvalue weighted by Gasteiger charge is -2.23. The molecule has 1 unspecified atom stereocenters. The van der Waals surface area contributed by atoms with Crippen LogP contribution in [0.1, 0.15) is 48.8 Å². The molecule has 0 aliphatic heterocycles. The maximum atomic E-state index is 13.4. The van der Waals surface area contributed by atoms with Gasteiger partial charge >= 0.3 is 0 Å². The van der Waals surface area contributed by atoms with Crippen molar-refractivity contribution >= 4 is 5.91 Å². The van der Waals surface area contributed by atoms with Crippen LogP contribution < -0.4 is 4.74 Å². The molecule has 1 aliphatic rings. The molecular formula is C26H33N5O2. The first kappa shape index (κ1) is 23.0. The Kier molecular flexibility index (Phi) is 7.06. The zero-order chi connectivity index (χ0) is 23.4. The summed E-state index contributed by atoms with van der Waals surface area (Å²) in [5, 5.41) is 4.57. The summed E-state index contributed by atoms with van der Waals surface area (Å²) in [6, 6.07) is 12.0. The molecule has 7 nitrogen and oxygen atoms in total. The molecule has 3 aromatic rings. The zero-order valence-corrected chi connectivity index (χ0v) is 20.0. The number of rotatable bonds is 7. The monoisotopic (exact) mass is 447 g/mol. The first-order valence-electron chi connectivity index (χ1n) is 11.8. The lowest BCUT2D eigenvalue weighted by molar-refractivity contribution is -0.135. The summed E-state index contributed by atoms with van der Waals surface area (Å²) in [4.78, 5) is 24.7. The van der Waals surface area contributed by atoms with Crippen LogP contribution in [0.4, 0.5) is 0 Å². The summed E-state index contributed by atoms with van der Waals surface area (Å²) in [7, 11) is 3.55. The summed E-state index contributed by atoms with van der Waals surface area (Å²) >= 11 is 0. The highest BCUT2D eigenvalue weighted by molar-refractivity contribution is 5.78. The van der Waals surface area contributed by atoms with Crippen LogP contribution in [0.15, 0.2) is 36.4 Å². The van der Waals surface area contributed by atoms with E-state index in [9.17, 15) is 4.79 Å². The Morgan fingerprint density at radius 2 is 1.94 bits per heavy atom. The van der Waals surface area contributed by atoms with E-state index >= 15 is 0 Å². The summed E-state index contributed by atoms with van der Waals surface area (Å²) in [5.74, 6) is 1.43. The minimum absolute atomic E-state index is 0.0438. The van der Waals surface area contributed by atoms with Gasteiger partial charge in [0.2, 0.25) is 11.8 Å². The maximum absolute atomic E-state index is 13.4. The number of carbonyl (C=O) groups is 1. The van der Waals surface area contributed by atoms with Gasteiger partial charge in [0.1, 0.15) is 0 Å². The average molecular weight is 448 g/mol. The van der Waals surface area contributed by atoms with Crippen molar-refractivity contribution in [2.75, 3.05) is 14.2 Å². The number of hydrogen-bond donors (Lipinski definition) is 0. The Balaban J connectivity index is 1.50. The van der Waals surface area contributed by atoms with E-state index in [1.54, 1.807) is 7.11 Å². The molecule has 0 fully saturated rings. The fraction of sp³-hybridized carbons (Fsp3) is 0.462. The number of aryl methyl sites for hydroxylation is 3. The molecule has 1 amide bonds. The lowest BCUT2D eigenvalue weighted by Crippen LogP contribution is -2.33. The van der Waals surface area contributed by atoms with Crippen molar-refractivity contribution in [3.8, 4) is 17.3 Å². The van der Waals surface area contributed by atoms with E-state index in [4.69, 9.17) is 9.72 Å². The molecule has 33 heavy (non-hydrogen) atoms. The normalized spacial score (nSPS) is 15.6. The van der Waals surface area contributed by atoms with E-state index in [2.05, 4.69) is 23.1 Å². The van der Waals surface area contributed by atoms with Gasteiger partial charge in [0, 0.05) is 30.6 Å². The standard InChI is InChI=1S/C26H33N5O2/c1-5-15-31-21(16-18(2)29-31)17-30(3)26(32)20-11-13-22-23(14-12-20)27-24(28-25(22)33-4)19-9-7-6-8-10-19/h6-10,16,20H,5,11-15,17H2,1-4H3. The number of nitrogens with zero attached hydrogens (tertiary/aromatic N) is 5. The minimum atomic E-state index is -0.0438. The summed E-state index contributed by atoms with van der Waals surface area (Å²) < 4.78 is 7.66. The fourth-order valence-corrected chi connectivity index (χ4v) is 4.64. The van der Waals surface area contributed by atoms with Gasteiger partial charge in [0.05, 0.1) is 30.7 Å². The van der Waals surface area contributed by atoms with Crippen LogP contribution in [0.3, 0.4) is 0 Å². The number of amides is 1. The van der Waals surface area contributed by atoms with Crippen molar-refractivity contribution in [3.05, 3.63) is 59.0 Å². The molecule has 174 valence electrons.